The lowest BCUT2D eigenvalue weighted by molar-refractivity contribution is -0.114. The van der Waals surface area contributed by atoms with Gasteiger partial charge in [-0.2, -0.15) is 4.99 Å². The highest BCUT2D eigenvalue weighted by molar-refractivity contribution is 8.14. The van der Waals surface area contributed by atoms with Crippen LogP contribution in [-0.2, 0) is 9.59 Å². The van der Waals surface area contributed by atoms with Crippen molar-refractivity contribution in [2.24, 2.45) is 9.98 Å². The minimum atomic E-state index is -0.417. The van der Waals surface area contributed by atoms with Gasteiger partial charge in [0.2, 0.25) is 5.91 Å². The number of methoxy groups -OCH3 is 1. The van der Waals surface area contributed by atoms with Gasteiger partial charge in [-0.3, -0.25) is 9.59 Å². The van der Waals surface area contributed by atoms with Crippen molar-refractivity contribution in [3.63, 3.8) is 0 Å². The molecule has 0 bridgehead atoms. The first-order valence-electron chi connectivity index (χ1n) is 6.44. The molecule has 0 spiro atoms. The van der Waals surface area contributed by atoms with Crippen LogP contribution in [0.25, 0.3) is 0 Å². The van der Waals surface area contributed by atoms with Crippen molar-refractivity contribution in [3.05, 3.63) is 36.4 Å². The van der Waals surface area contributed by atoms with Crippen LogP contribution in [0.3, 0.4) is 0 Å². The highest BCUT2D eigenvalue weighted by Crippen LogP contribution is 2.23. The summed E-state index contributed by atoms with van der Waals surface area (Å²) >= 11 is 1.10. The first-order valence-corrected chi connectivity index (χ1v) is 7.43. The minimum Gasteiger partial charge on any atom is -0.495 e. The summed E-state index contributed by atoms with van der Waals surface area (Å²) < 4.78 is 5.16. The van der Waals surface area contributed by atoms with Crippen LogP contribution in [0.2, 0.25) is 0 Å². The third kappa shape index (κ3) is 3.82. The molecule has 0 saturated carbocycles. The molecule has 1 N–H and O–H groups in total. The highest BCUT2D eigenvalue weighted by Gasteiger charge is 2.18. The zero-order valence-electron chi connectivity index (χ0n) is 12.3. The lowest BCUT2D eigenvalue weighted by atomic mass is 10.2. The molecule has 1 heterocycles. The van der Waals surface area contributed by atoms with Crippen molar-refractivity contribution < 1.29 is 14.3 Å². The fourth-order valence-electron chi connectivity index (χ4n) is 1.67. The first kappa shape index (κ1) is 16.0. The summed E-state index contributed by atoms with van der Waals surface area (Å²) in [6.07, 6.45) is 0. The van der Waals surface area contributed by atoms with Crippen LogP contribution < -0.4 is 10.1 Å². The van der Waals surface area contributed by atoms with Gasteiger partial charge in [-0.25, -0.2) is 4.99 Å². The van der Waals surface area contributed by atoms with E-state index in [0.717, 1.165) is 11.8 Å². The van der Waals surface area contributed by atoms with Crippen LogP contribution in [0.5, 0.6) is 5.75 Å². The van der Waals surface area contributed by atoms with E-state index in [0.29, 0.717) is 17.1 Å². The zero-order chi connectivity index (χ0) is 16.1. The van der Waals surface area contributed by atoms with E-state index < -0.39 is 5.91 Å². The number of nitrogens with one attached hydrogen (secondary N) is 1. The monoisotopic (exact) mass is 317 g/mol. The number of amides is 2. The number of benzene rings is 1. The SMILES string of the molecule is C=C1C(=O)N=C(SCC(=O)Nc2ccccc2OC)N=C1C. The Morgan fingerprint density at radius 2 is 2.09 bits per heavy atom. The molecule has 0 atom stereocenters. The fraction of sp³-hybridized carbons (Fsp3) is 0.200. The summed E-state index contributed by atoms with van der Waals surface area (Å²) in [4.78, 5) is 31.4. The Labute approximate surface area is 132 Å². The Hall–Kier alpha value is -2.41. The number of nitrogens with zero attached hydrogens (tertiary/aromatic N) is 2. The molecule has 0 aliphatic carbocycles. The Morgan fingerprint density at radius 3 is 2.77 bits per heavy atom. The second-order valence-electron chi connectivity index (χ2n) is 4.41. The predicted octanol–water partition coefficient (Wildman–Crippen LogP) is 2.28. The molecule has 114 valence electrons. The van der Waals surface area contributed by atoms with Gasteiger partial charge in [0.25, 0.3) is 5.91 Å². The van der Waals surface area contributed by atoms with Gasteiger partial charge < -0.3 is 10.1 Å². The molecule has 0 fully saturated rings. The molecular formula is C15H15N3O3S. The molecule has 6 nitrogen and oxygen atoms in total. The summed E-state index contributed by atoms with van der Waals surface area (Å²) in [7, 11) is 1.53. The summed E-state index contributed by atoms with van der Waals surface area (Å²) in [6.45, 7) is 5.28. The highest BCUT2D eigenvalue weighted by atomic mass is 32.2. The molecule has 0 aromatic heterocycles. The number of hydrogen-bond acceptors (Lipinski definition) is 5. The molecule has 0 saturated heterocycles. The van der Waals surface area contributed by atoms with Gasteiger partial charge in [-0.15, -0.1) is 0 Å². The molecule has 1 aromatic carbocycles. The number of para-hydroxylation sites is 2. The average molecular weight is 317 g/mol. The average Bonchev–Trinajstić information content (AvgIpc) is 2.51. The molecule has 0 radical (unpaired) electrons. The number of amidine groups is 1. The molecule has 1 aliphatic heterocycles. The van der Waals surface area contributed by atoms with Gasteiger partial charge >= 0.3 is 0 Å². The number of rotatable bonds is 4. The molecule has 2 amide bonds. The van der Waals surface area contributed by atoms with Gasteiger partial charge in [0.15, 0.2) is 5.17 Å². The van der Waals surface area contributed by atoms with Crippen molar-refractivity contribution in [3.8, 4) is 5.75 Å². The van der Waals surface area contributed by atoms with E-state index >= 15 is 0 Å². The van der Waals surface area contributed by atoms with Gasteiger partial charge in [0, 0.05) is 0 Å². The number of anilines is 1. The number of ether oxygens (including phenoxy) is 1. The second-order valence-corrected chi connectivity index (χ2v) is 5.35. The van der Waals surface area contributed by atoms with Crippen molar-refractivity contribution in [2.75, 3.05) is 18.2 Å². The number of thioether (sulfide) groups is 1. The summed E-state index contributed by atoms with van der Waals surface area (Å²) in [6, 6.07) is 7.12. The Bertz CT molecular complexity index is 695. The molecule has 1 aromatic rings. The number of carbonyl (C=O) groups is 2. The zero-order valence-corrected chi connectivity index (χ0v) is 13.1. The van der Waals surface area contributed by atoms with E-state index in [1.165, 1.54) is 7.11 Å². The fourth-order valence-corrected chi connectivity index (χ4v) is 2.36. The van der Waals surface area contributed by atoms with E-state index in [1.54, 1.807) is 25.1 Å². The van der Waals surface area contributed by atoms with Crippen LogP contribution in [0.15, 0.2) is 46.4 Å². The normalized spacial score (nSPS) is 14.3. The maximum absolute atomic E-state index is 12.0. The van der Waals surface area contributed by atoms with Crippen molar-refractivity contribution >= 4 is 40.1 Å². The third-order valence-electron chi connectivity index (χ3n) is 2.87. The molecular weight excluding hydrogens is 302 g/mol. The summed E-state index contributed by atoms with van der Waals surface area (Å²) in [5, 5.41) is 3.01. The molecule has 0 unspecified atom stereocenters. The molecule has 22 heavy (non-hydrogen) atoms. The predicted molar refractivity (Wildman–Crippen MR) is 88.8 cm³/mol. The third-order valence-corrected chi connectivity index (χ3v) is 3.72. The van der Waals surface area contributed by atoms with E-state index in [4.69, 9.17) is 4.74 Å². The van der Waals surface area contributed by atoms with Crippen molar-refractivity contribution in [2.45, 2.75) is 6.92 Å². The molecule has 7 heteroatoms. The lowest BCUT2D eigenvalue weighted by Gasteiger charge is -2.11. The van der Waals surface area contributed by atoms with Gasteiger partial charge in [-0.05, 0) is 19.1 Å². The minimum absolute atomic E-state index is 0.0907. The van der Waals surface area contributed by atoms with Gasteiger partial charge in [-0.1, -0.05) is 30.5 Å². The largest absolute Gasteiger partial charge is 0.495 e. The van der Waals surface area contributed by atoms with Crippen LogP contribution in [0.4, 0.5) is 5.69 Å². The molecule has 1 aliphatic rings. The van der Waals surface area contributed by atoms with Crippen molar-refractivity contribution in [1.82, 2.24) is 0 Å². The van der Waals surface area contributed by atoms with E-state index in [1.807, 2.05) is 6.07 Å². The topological polar surface area (TPSA) is 80.1 Å². The summed E-state index contributed by atoms with van der Waals surface area (Å²) in [5.41, 5.74) is 1.39. The Morgan fingerprint density at radius 1 is 1.36 bits per heavy atom. The maximum Gasteiger partial charge on any atom is 0.280 e. The van der Waals surface area contributed by atoms with Gasteiger partial charge in [0.1, 0.15) is 5.75 Å². The van der Waals surface area contributed by atoms with E-state index in [2.05, 4.69) is 21.9 Å². The van der Waals surface area contributed by atoms with Crippen molar-refractivity contribution in [1.29, 1.82) is 0 Å². The quantitative estimate of drug-likeness (QED) is 0.864. The summed E-state index contributed by atoms with van der Waals surface area (Å²) in [5.74, 6) is 0.0196. The number of hydrogen-bond donors (Lipinski definition) is 1. The Kier molecular flexibility index (Phi) is 5.11. The first-order chi connectivity index (χ1) is 10.5. The molecule has 2 rings (SSSR count). The van der Waals surface area contributed by atoms with Crippen LogP contribution in [0.1, 0.15) is 6.92 Å². The van der Waals surface area contributed by atoms with Crippen LogP contribution >= 0.6 is 11.8 Å². The van der Waals surface area contributed by atoms with Gasteiger partial charge in [0.05, 0.1) is 29.8 Å². The second kappa shape index (κ2) is 7.04. The number of carbonyl (C=O) groups excluding carboxylic acids is 2. The Balaban J connectivity index is 1.95. The number of aliphatic imine (C=N–C) groups is 2. The smallest absolute Gasteiger partial charge is 0.280 e. The maximum atomic E-state index is 12.0. The van der Waals surface area contributed by atoms with E-state index in [9.17, 15) is 9.59 Å². The van der Waals surface area contributed by atoms with Crippen LogP contribution in [0, 0.1) is 0 Å². The lowest BCUT2D eigenvalue weighted by Crippen LogP contribution is -2.18. The standard InChI is InChI=1S/C15H15N3O3S/c1-9-10(2)16-15(18-14(9)20)22-8-13(19)17-11-6-4-5-7-12(11)21-3/h4-7H,1,8H2,2-3H3,(H,17,19). The van der Waals surface area contributed by atoms with E-state index in [-0.39, 0.29) is 22.4 Å². The van der Waals surface area contributed by atoms with Crippen LogP contribution in [-0.4, -0.2) is 35.6 Å².